The van der Waals surface area contributed by atoms with Crippen LogP contribution in [0.5, 0.6) is 0 Å². The molecule has 2 N–H and O–H groups in total. The van der Waals surface area contributed by atoms with Crippen LogP contribution in [0.15, 0.2) is 83.7 Å². The van der Waals surface area contributed by atoms with Crippen molar-refractivity contribution in [3.63, 3.8) is 0 Å². The number of benzene rings is 3. The molecule has 0 aliphatic carbocycles. The van der Waals surface area contributed by atoms with Gasteiger partial charge >= 0.3 is 5.97 Å². The normalized spacial score (nSPS) is 11.6. The molecule has 0 fully saturated rings. The van der Waals surface area contributed by atoms with E-state index in [-0.39, 0.29) is 5.69 Å². The third-order valence-corrected chi connectivity index (χ3v) is 4.77. The van der Waals surface area contributed by atoms with Crippen molar-refractivity contribution in [3.05, 3.63) is 106 Å². The van der Waals surface area contributed by atoms with Gasteiger partial charge in [0.2, 0.25) is 6.10 Å². The van der Waals surface area contributed by atoms with Gasteiger partial charge in [-0.05, 0) is 25.1 Å². The number of aryl methyl sites for hydroxylation is 1. The summed E-state index contributed by atoms with van der Waals surface area (Å²) in [5, 5.41) is 9.60. The van der Waals surface area contributed by atoms with Crippen LogP contribution >= 0.6 is 0 Å². The highest BCUT2D eigenvalue weighted by Crippen LogP contribution is 2.23. The fourth-order valence-electron chi connectivity index (χ4n) is 3.18. The molecule has 4 aromatic rings. The Morgan fingerprint density at radius 2 is 1.55 bits per heavy atom. The standard InChI is InChI=1S/C24H19N3O4/c1-15-11-13-17(14-12-15)25-23(29)21(16-7-3-2-4-8-16)31-24(30)20-18-9-5-6-10-19(18)22(28)27-26-20/h2-14,21H,1H3,(H,25,29)(H,27,28). The first-order valence-corrected chi connectivity index (χ1v) is 9.64. The minimum Gasteiger partial charge on any atom is -0.442 e. The summed E-state index contributed by atoms with van der Waals surface area (Å²) in [6.45, 7) is 1.95. The largest absolute Gasteiger partial charge is 0.442 e. The number of rotatable bonds is 5. The highest BCUT2D eigenvalue weighted by atomic mass is 16.5. The third-order valence-electron chi connectivity index (χ3n) is 4.77. The van der Waals surface area contributed by atoms with Crippen molar-refractivity contribution in [1.82, 2.24) is 10.2 Å². The smallest absolute Gasteiger partial charge is 0.360 e. The predicted molar refractivity (Wildman–Crippen MR) is 117 cm³/mol. The number of aromatic amines is 1. The Morgan fingerprint density at radius 1 is 0.903 bits per heavy atom. The van der Waals surface area contributed by atoms with Crippen molar-refractivity contribution in [2.45, 2.75) is 13.0 Å². The van der Waals surface area contributed by atoms with Crippen molar-refractivity contribution in [2.24, 2.45) is 0 Å². The number of anilines is 1. The Kier molecular flexibility index (Phi) is 5.57. The summed E-state index contributed by atoms with van der Waals surface area (Å²) < 4.78 is 5.59. The molecule has 0 saturated carbocycles. The number of nitrogens with one attached hydrogen (secondary N) is 2. The van der Waals surface area contributed by atoms with E-state index in [4.69, 9.17) is 4.74 Å². The minimum atomic E-state index is -1.21. The van der Waals surface area contributed by atoms with Gasteiger partial charge in [-0.25, -0.2) is 9.89 Å². The van der Waals surface area contributed by atoms with E-state index in [0.29, 0.717) is 22.0 Å². The lowest BCUT2D eigenvalue weighted by Crippen LogP contribution is -2.27. The summed E-state index contributed by atoms with van der Waals surface area (Å²) in [6.07, 6.45) is -1.21. The van der Waals surface area contributed by atoms with Gasteiger partial charge in [0.25, 0.3) is 11.5 Å². The maximum atomic E-state index is 13.0. The van der Waals surface area contributed by atoms with Gasteiger partial charge in [0, 0.05) is 16.6 Å². The number of ether oxygens (including phenoxy) is 1. The molecule has 0 saturated heterocycles. The lowest BCUT2D eigenvalue weighted by molar-refractivity contribution is -0.125. The first-order chi connectivity index (χ1) is 15.0. The van der Waals surface area contributed by atoms with Crippen molar-refractivity contribution < 1.29 is 14.3 Å². The summed E-state index contributed by atoms with van der Waals surface area (Å²) >= 11 is 0. The minimum absolute atomic E-state index is 0.0701. The second-order valence-electron chi connectivity index (χ2n) is 7.00. The van der Waals surface area contributed by atoms with Crippen LogP contribution in [0.25, 0.3) is 10.8 Å². The summed E-state index contributed by atoms with van der Waals surface area (Å²) in [5.41, 5.74) is 1.66. The van der Waals surface area contributed by atoms with Gasteiger partial charge in [-0.2, -0.15) is 5.10 Å². The average molecular weight is 413 g/mol. The third kappa shape index (κ3) is 4.35. The number of fused-ring (bicyclic) bond motifs is 1. The molecule has 1 amide bonds. The van der Waals surface area contributed by atoms with E-state index < -0.39 is 23.5 Å². The molecule has 7 heteroatoms. The molecular formula is C24H19N3O4. The van der Waals surface area contributed by atoms with Gasteiger partial charge in [0.05, 0.1) is 5.39 Å². The summed E-state index contributed by atoms with van der Waals surface area (Å²) in [4.78, 5) is 38.0. The van der Waals surface area contributed by atoms with Crippen molar-refractivity contribution in [1.29, 1.82) is 0 Å². The number of esters is 1. The van der Waals surface area contributed by atoms with Gasteiger partial charge < -0.3 is 10.1 Å². The number of carbonyl (C=O) groups is 2. The molecule has 4 rings (SSSR count). The molecule has 31 heavy (non-hydrogen) atoms. The zero-order valence-corrected chi connectivity index (χ0v) is 16.7. The molecular weight excluding hydrogens is 394 g/mol. The van der Waals surface area contributed by atoms with Gasteiger partial charge in [-0.1, -0.05) is 66.2 Å². The fourth-order valence-corrected chi connectivity index (χ4v) is 3.18. The van der Waals surface area contributed by atoms with Gasteiger partial charge in [0.1, 0.15) is 0 Å². The molecule has 3 aromatic carbocycles. The molecule has 7 nitrogen and oxygen atoms in total. The van der Waals surface area contributed by atoms with E-state index in [1.165, 1.54) is 0 Å². The van der Waals surface area contributed by atoms with Gasteiger partial charge in [-0.3, -0.25) is 9.59 Å². The summed E-state index contributed by atoms with van der Waals surface area (Å²) in [7, 11) is 0. The van der Waals surface area contributed by atoms with Crippen LogP contribution in [-0.2, 0) is 9.53 Å². The maximum Gasteiger partial charge on any atom is 0.360 e. The van der Waals surface area contributed by atoms with E-state index in [0.717, 1.165) is 5.56 Å². The molecule has 0 bridgehead atoms. The Morgan fingerprint density at radius 3 is 2.26 bits per heavy atom. The first kappa shape index (κ1) is 20.0. The van der Waals surface area contributed by atoms with Crippen LogP contribution in [0.2, 0.25) is 0 Å². The van der Waals surface area contributed by atoms with Crippen LogP contribution in [0.4, 0.5) is 5.69 Å². The highest BCUT2D eigenvalue weighted by molar-refractivity contribution is 6.04. The number of nitrogens with zero attached hydrogens (tertiary/aromatic N) is 1. The van der Waals surface area contributed by atoms with Crippen LogP contribution < -0.4 is 10.9 Å². The van der Waals surface area contributed by atoms with Crippen LogP contribution in [0.1, 0.15) is 27.7 Å². The molecule has 1 heterocycles. The Balaban J connectivity index is 1.66. The molecule has 1 unspecified atom stereocenters. The predicted octanol–water partition coefficient (Wildman–Crippen LogP) is 3.77. The van der Waals surface area contributed by atoms with Crippen molar-refractivity contribution in [3.8, 4) is 0 Å². The number of carbonyl (C=O) groups excluding carboxylic acids is 2. The lowest BCUT2D eigenvalue weighted by Gasteiger charge is -2.18. The topological polar surface area (TPSA) is 101 Å². The Bertz CT molecular complexity index is 1300. The number of H-pyrrole nitrogens is 1. The van der Waals surface area contributed by atoms with Crippen LogP contribution in [0.3, 0.4) is 0 Å². The van der Waals surface area contributed by atoms with Gasteiger partial charge in [0.15, 0.2) is 5.69 Å². The van der Waals surface area contributed by atoms with Crippen molar-refractivity contribution >= 4 is 28.3 Å². The van der Waals surface area contributed by atoms with E-state index >= 15 is 0 Å². The highest BCUT2D eigenvalue weighted by Gasteiger charge is 2.27. The van der Waals surface area contributed by atoms with Crippen LogP contribution in [0, 0.1) is 6.92 Å². The molecule has 0 radical (unpaired) electrons. The second kappa shape index (κ2) is 8.62. The van der Waals surface area contributed by atoms with E-state index in [9.17, 15) is 14.4 Å². The van der Waals surface area contributed by atoms with Gasteiger partial charge in [-0.15, -0.1) is 0 Å². The molecule has 0 aliphatic rings. The van der Waals surface area contributed by atoms with E-state index in [1.54, 1.807) is 66.7 Å². The average Bonchev–Trinajstić information content (AvgIpc) is 2.80. The quantitative estimate of drug-likeness (QED) is 0.485. The molecule has 154 valence electrons. The molecule has 0 aliphatic heterocycles. The molecule has 1 atom stereocenters. The van der Waals surface area contributed by atoms with E-state index in [1.807, 2.05) is 19.1 Å². The van der Waals surface area contributed by atoms with Crippen LogP contribution in [-0.4, -0.2) is 22.1 Å². The van der Waals surface area contributed by atoms with Crippen molar-refractivity contribution in [2.75, 3.05) is 5.32 Å². The maximum absolute atomic E-state index is 13.0. The monoisotopic (exact) mass is 413 g/mol. The lowest BCUT2D eigenvalue weighted by atomic mass is 10.1. The molecule has 1 aromatic heterocycles. The number of hydrogen-bond donors (Lipinski definition) is 2. The SMILES string of the molecule is Cc1ccc(NC(=O)C(OC(=O)c2n[nH]c(=O)c3ccccc23)c2ccccc2)cc1. The summed E-state index contributed by atoms with van der Waals surface area (Å²) in [5.74, 6) is -1.32. The number of amides is 1. The zero-order valence-electron chi connectivity index (χ0n) is 16.7. The number of aromatic nitrogens is 2. The molecule has 0 spiro atoms. The first-order valence-electron chi connectivity index (χ1n) is 9.64. The fraction of sp³-hybridized carbons (Fsp3) is 0.0833. The Hall–Kier alpha value is -4.26. The Labute approximate surface area is 177 Å². The zero-order chi connectivity index (χ0) is 21.8. The second-order valence-corrected chi connectivity index (χ2v) is 7.00. The van der Waals surface area contributed by atoms with E-state index in [2.05, 4.69) is 15.5 Å². The summed E-state index contributed by atoms with van der Waals surface area (Å²) in [6, 6.07) is 22.6. The number of hydrogen-bond acceptors (Lipinski definition) is 5.